The fraction of sp³-hybridized carbons (Fsp3) is 0.235. The lowest BCUT2D eigenvalue weighted by Gasteiger charge is -2.36. The van der Waals surface area contributed by atoms with Crippen LogP contribution in [0.1, 0.15) is 10.4 Å². The Labute approximate surface area is 144 Å². The van der Waals surface area contributed by atoms with E-state index in [1.807, 2.05) is 35.2 Å². The summed E-state index contributed by atoms with van der Waals surface area (Å²) in [6, 6.07) is 13.2. The van der Waals surface area contributed by atoms with Gasteiger partial charge in [-0.15, -0.1) is 0 Å². The minimum atomic E-state index is 0.0330. The monoisotopic (exact) mass is 341 g/mol. The van der Waals surface area contributed by atoms with Gasteiger partial charge in [-0.2, -0.15) is 15.4 Å². The molecule has 2 aromatic carbocycles. The number of benzene rings is 2. The summed E-state index contributed by atoms with van der Waals surface area (Å²) >= 11 is 6.06. The lowest BCUT2D eigenvalue weighted by atomic mass is 10.1. The van der Waals surface area contributed by atoms with Gasteiger partial charge in [0.25, 0.3) is 5.91 Å². The van der Waals surface area contributed by atoms with Gasteiger partial charge in [0.2, 0.25) is 0 Å². The highest BCUT2D eigenvalue weighted by molar-refractivity contribution is 6.30. The Hall–Kier alpha value is -2.60. The second-order valence-electron chi connectivity index (χ2n) is 5.79. The number of nitrogens with zero attached hydrogens (tertiary/aromatic N) is 4. The molecule has 0 atom stereocenters. The van der Waals surface area contributed by atoms with E-state index in [1.165, 1.54) is 0 Å². The molecular formula is C17H16ClN5O. The van der Waals surface area contributed by atoms with Crippen molar-refractivity contribution in [2.45, 2.75) is 0 Å². The molecule has 24 heavy (non-hydrogen) atoms. The molecule has 6 nitrogen and oxygen atoms in total. The number of aromatic nitrogens is 3. The number of carbonyl (C=O) groups excluding carboxylic acids is 1. The number of amides is 1. The summed E-state index contributed by atoms with van der Waals surface area (Å²) in [7, 11) is 0. The molecule has 1 N–H and O–H groups in total. The minimum absolute atomic E-state index is 0.0330. The number of piperazine rings is 1. The van der Waals surface area contributed by atoms with E-state index in [1.54, 1.807) is 12.1 Å². The van der Waals surface area contributed by atoms with Crippen molar-refractivity contribution < 1.29 is 4.79 Å². The van der Waals surface area contributed by atoms with Crippen LogP contribution in [0, 0.1) is 0 Å². The molecule has 1 aliphatic rings. The van der Waals surface area contributed by atoms with Gasteiger partial charge in [0.15, 0.2) is 0 Å². The summed E-state index contributed by atoms with van der Waals surface area (Å²) in [5.74, 6) is 0.0330. The van der Waals surface area contributed by atoms with Crippen molar-refractivity contribution in [3.8, 4) is 0 Å². The third-order valence-corrected chi connectivity index (χ3v) is 4.54. The average Bonchev–Trinajstić information content (AvgIpc) is 3.09. The second kappa shape index (κ2) is 6.13. The molecule has 1 amide bonds. The maximum atomic E-state index is 12.7. The largest absolute Gasteiger partial charge is 0.368 e. The Morgan fingerprint density at radius 1 is 1.00 bits per heavy atom. The smallest absolute Gasteiger partial charge is 0.254 e. The number of nitrogens with one attached hydrogen (secondary N) is 1. The van der Waals surface area contributed by atoms with Gasteiger partial charge >= 0.3 is 0 Å². The number of fused-ring (bicyclic) bond motifs is 1. The number of aromatic amines is 1. The summed E-state index contributed by atoms with van der Waals surface area (Å²) in [5.41, 5.74) is 3.21. The van der Waals surface area contributed by atoms with E-state index in [-0.39, 0.29) is 5.91 Å². The lowest BCUT2D eigenvalue weighted by Crippen LogP contribution is -2.48. The summed E-state index contributed by atoms with van der Waals surface area (Å²) in [6.07, 6.45) is 0. The zero-order valence-electron chi connectivity index (χ0n) is 12.9. The molecule has 1 aliphatic heterocycles. The van der Waals surface area contributed by atoms with Gasteiger partial charge in [0, 0.05) is 42.5 Å². The summed E-state index contributed by atoms with van der Waals surface area (Å²) in [4.78, 5) is 16.8. The number of halogens is 1. The molecule has 0 unspecified atom stereocenters. The van der Waals surface area contributed by atoms with Gasteiger partial charge in [-0.3, -0.25) is 4.79 Å². The highest BCUT2D eigenvalue weighted by Crippen LogP contribution is 2.21. The molecule has 0 aliphatic carbocycles. The normalized spacial score (nSPS) is 15.0. The molecule has 0 saturated carbocycles. The molecule has 1 aromatic heterocycles. The lowest BCUT2D eigenvalue weighted by molar-refractivity contribution is 0.0747. The van der Waals surface area contributed by atoms with Gasteiger partial charge in [-0.25, -0.2) is 0 Å². The van der Waals surface area contributed by atoms with Crippen LogP contribution in [0.25, 0.3) is 11.0 Å². The highest BCUT2D eigenvalue weighted by Gasteiger charge is 2.22. The molecule has 3 aromatic rings. The molecule has 4 rings (SSSR count). The van der Waals surface area contributed by atoms with E-state index in [9.17, 15) is 4.79 Å². The van der Waals surface area contributed by atoms with Crippen molar-refractivity contribution >= 4 is 34.2 Å². The van der Waals surface area contributed by atoms with E-state index in [0.717, 1.165) is 29.3 Å². The first-order valence-corrected chi connectivity index (χ1v) is 8.19. The third kappa shape index (κ3) is 2.80. The summed E-state index contributed by atoms with van der Waals surface area (Å²) in [6.45, 7) is 2.95. The van der Waals surface area contributed by atoms with E-state index in [4.69, 9.17) is 11.6 Å². The quantitative estimate of drug-likeness (QED) is 0.778. The first-order valence-electron chi connectivity index (χ1n) is 7.81. The molecule has 122 valence electrons. The van der Waals surface area contributed by atoms with Gasteiger partial charge in [0.1, 0.15) is 11.0 Å². The Bertz CT molecular complexity index is 885. The Balaban J connectivity index is 1.46. The van der Waals surface area contributed by atoms with Crippen molar-refractivity contribution in [3.05, 3.63) is 53.1 Å². The van der Waals surface area contributed by atoms with E-state index < -0.39 is 0 Å². The molecule has 7 heteroatoms. The average molecular weight is 342 g/mol. The van der Waals surface area contributed by atoms with Crippen LogP contribution >= 0.6 is 11.6 Å². The summed E-state index contributed by atoms with van der Waals surface area (Å²) in [5, 5.41) is 11.3. The molecule has 0 bridgehead atoms. The second-order valence-corrected chi connectivity index (χ2v) is 6.22. The van der Waals surface area contributed by atoms with E-state index in [2.05, 4.69) is 20.3 Å². The fourth-order valence-electron chi connectivity index (χ4n) is 3.00. The van der Waals surface area contributed by atoms with Crippen molar-refractivity contribution in [2.75, 3.05) is 31.1 Å². The van der Waals surface area contributed by atoms with Crippen LogP contribution in [-0.2, 0) is 0 Å². The van der Waals surface area contributed by atoms with Crippen LogP contribution < -0.4 is 4.90 Å². The highest BCUT2D eigenvalue weighted by atomic mass is 35.5. The predicted molar refractivity (Wildman–Crippen MR) is 93.5 cm³/mol. The zero-order valence-corrected chi connectivity index (χ0v) is 13.7. The van der Waals surface area contributed by atoms with Crippen LogP contribution in [0.2, 0.25) is 5.02 Å². The van der Waals surface area contributed by atoms with Gasteiger partial charge in [-0.05, 0) is 36.4 Å². The maximum absolute atomic E-state index is 12.7. The van der Waals surface area contributed by atoms with E-state index in [0.29, 0.717) is 24.2 Å². The number of H-pyrrole nitrogens is 1. The summed E-state index contributed by atoms with van der Waals surface area (Å²) < 4.78 is 0. The number of rotatable bonds is 2. The van der Waals surface area contributed by atoms with Crippen molar-refractivity contribution in [3.63, 3.8) is 0 Å². The van der Waals surface area contributed by atoms with Crippen molar-refractivity contribution in [1.82, 2.24) is 20.3 Å². The number of carbonyl (C=O) groups is 1. The van der Waals surface area contributed by atoms with Crippen LogP contribution in [0.5, 0.6) is 0 Å². The Morgan fingerprint density at radius 2 is 1.79 bits per heavy atom. The first-order chi connectivity index (χ1) is 11.7. The topological polar surface area (TPSA) is 65.1 Å². The molecule has 0 spiro atoms. The van der Waals surface area contributed by atoms with Gasteiger partial charge in [0.05, 0.1) is 0 Å². The minimum Gasteiger partial charge on any atom is -0.368 e. The molecule has 0 radical (unpaired) electrons. The SMILES string of the molecule is O=C(c1ccc2n[nH]nc2c1)N1CCN(c2cccc(Cl)c2)CC1. The van der Waals surface area contributed by atoms with E-state index >= 15 is 0 Å². The van der Waals surface area contributed by atoms with Crippen LogP contribution in [-0.4, -0.2) is 52.4 Å². The first kappa shape index (κ1) is 15.0. The van der Waals surface area contributed by atoms with Gasteiger partial charge in [-0.1, -0.05) is 17.7 Å². The van der Waals surface area contributed by atoms with Gasteiger partial charge < -0.3 is 9.80 Å². The molecule has 1 saturated heterocycles. The third-order valence-electron chi connectivity index (χ3n) is 4.30. The number of hydrogen-bond donors (Lipinski definition) is 1. The number of hydrogen-bond acceptors (Lipinski definition) is 4. The van der Waals surface area contributed by atoms with Crippen molar-refractivity contribution in [1.29, 1.82) is 0 Å². The Morgan fingerprint density at radius 3 is 2.58 bits per heavy atom. The fourth-order valence-corrected chi connectivity index (χ4v) is 3.18. The maximum Gasteiger partial charge on any atom is 0.254 e. The van der Waals surface area contributed by atoms with Crippen LogP contribution in [0.4, 0.5) is 5.69 Å². The van der Waals surface area contributed by atoms with Crippen LogP contribution in [0.15, 0.2) is 42.5 Å². The van der Waals surface area contributed by atoms with Crippen LogP contribution in [0.3, 0.4) is 0 Å². The predicted octanol–water partition coefficient (Wildman–Crippen LogP) is 2.57. The van der Waals surface area contributed by atoms with Crippen molar-refractivity contribution in [2.24, 2.45) is 0 Å². The molecule has 2 heterocycles. The molecule has 1 fully saturated rings. The molecular weight excluding hydrogens is 326 g/mol. The zero-order chi connectivity index (χ0) is 16.5. The Kier molecular flexibility index (Phi) is 3.82. The standard InChI is InChI=1S/C17H16ClN5O/c18-13-2-1-3-14(11-13)22-6-8-23(9-7-22)17(24)12-4-5-15-16(10-12)20-21-19-15/h1-5,10-11H,6-9H2,(H,19,20,21). The number of anilines is 1.